The normalized spacial score (nSPS) is 14.6. The lowest BCUT2D eigenvalue weighted by Crippen LogP contribution is -2.46. The van der Waals surface area contributed by atoms with Gasteiger partial charge in [-0.1, -0.05) is 24.3 Å². The molecule has 2 N–H and O–H groups in total. The molecule has 192 valence electrons. The Kier molecular flexibility index (Phi) is 8.43. The molecule has 0 unspecified atom stereocenters. The van der Waals surface area contributed by atoms with Gasteiger partial charge in [-0.3, -0.25) is 15.0 Å². The van der Waals surface area contributed by atoms with Crippen molar-refractivity contribution in [3.05, 3.63) is 54.1 Å². The molecule has 1 aliphatic heterocycles. The number of amides is 2. The van der Waals surface area contributed by atoms with Gasteiger partial charge in [-0.15, -0.1) is 0 Å². The molecular formula is C27H35N5O3S. The Hall–Kier alpha value is -3.17. The van der Waals surface area contributed by atoms with Crippen LogP contribution in [-0.2, 0) is 4.74 Å². The second-order valence-corrected chi connectivity index (χ2v) is 10.8. The van der Waals surface area contributed by atoms with Crippen LogP contribution in [0, 0.1) is 0 Å². The van der Waals surface area contributed by atoms with Gasteiger partial charge >= 0.3 is 6.09 Å². The Bertz CT molecular complexity index is 1180. The van der Waals surface area contributed by atoms with Crippen LogP contribution in [0.15, 0.2) is 48.5 Å². The van der Waals surface area contributed by atoms with Crippen LogP contribution in [0.5, 0.6) is 0 Å². The van der Waals surface area contributed by atoms with Crippen LogP contribution in [-0.4, -0.2) is 66.1 Å². The van der Waals surface area contributed by atoms with E-state index in [4.69, 9.17) is 4.74 Å². The number of carbonyl (C=O) groups is 2. The third-order valence-corrected chi connectivity index (χ3v) is 6.84. The molecule has 36 heavy (non-hydrogen) atoms. The van der Waals surface area contributed by atoms with Crippen LogP contribution in [0.3, 0.4) is 0 Å². The van der Waals surface area contributed by atoms with Crippen molar-refractivity contribution in [3.8, 4) is 0 Å². The van der Waals surface area contributed by atoms with Crippen molar-refractivity contribution in [2.45, 2.75) is 39.2 Å². The van der Waals surface area contributed by atoms with Crippen LogP contribution >= 0.6 is 11.5 Å². The van der Waals surface area contributed by atoms with Crippen LogP contribution in [0.4, 0.5) is 16.3 Å². The van der Waals surface area contributed by atoms with E-state index in [2.05, 4.69) is 49.1 Å². The maximum atomic E-state index is 12.7. The lowest BCUT2D eigenvalue weighted by Gasteiger charge is -2.35. The number of ether oxygens (including phenoxy) is 1. The van der Waals surface area contributed by atoms with Crippen molar-refractivity contribution in [1.29, 1.82) is 0 Å². The number of unbranched alkanes of at least 4 members (excludes halogenated alkanes) is 1. The maximum Gasteiger partial charge on any atom is 0.412 e. The number of fused-ring (bicyclic) bond motifs is 1. The van der Waals surface area contributed by atoms with E-state index in [1.165, 1.54) is 10.1 Å². The summed E-state index contributed by atoms with van der Waals surface area (Å²) in [5.41, 5.74) is 0.257. The quantitative estimate of drug-likeness (QED) is 0.417. The first-order valence-corrected chi connectivity index (χ1v) is 13.3. The number of para-hydroxylation sites is 1. The summed E-state index contributed by atoms with van der Waals surface area (Å²) < 4.78 is 11.2. The molecular weight excluding hydrogens is 474 g/mol. The zero-order valence-corrected chi connectivity index (χ0v) is 22.1. The zero-order chi connectivity index (χ0) is 25.5. The fourth-order valence-electron chi connectivity index (χ4n) is 4.25. The van der Waals surface area contributed by atoms with Gasteiger partial charge in [0.05, 0.1) is 16.0 Å². The standard InChI is InChI=1S/C27H35N5O3S/c1-27(2,3)35-26(34)29-22-12-6-4-10-20(22)25(33)28-14-8-9-15-31-16-18-32(19-17-31)24-21-11-5-7-13-23(21)36-30-24/h4-7,10-13H,8-9,14-19H2,1-3H3,(H,28,33)(H,29,34). The van der Waals surface area contributed by atoms with E-state index in [9.17, 15) is 9.59 Å². The molecule has 1 saturated heterocycles. The summed E-state index contributed by atoms with van der Waals surface area (Å²) in [7, 11) is 0. The van der Waals surface area contributed by atoms with Crippen LogP contribution in [0.2, 0.25) is 0 Å². The average molecular weight is 510 g/mol. The Morgan fingerprint density at radius 3 is 2.50 bits per heavy atom. The number of hydrogen-bond donors (Lipinski definition) is 2. The lowest BCUT2D eigenvalue weighted by molar-refractivity contribution is 0.0636. The number of piperazine rings is 1. The van der Waals surface area contributed by atoms with Gasteiger partial charge in [-0.25, -0.2) is 4.79 Å². The molecule has 0 bridgehead atoms. The maximum absolute atomic E-state index is 12.7. The van der Waals surface area contributed by atoms with E-state index in [1.54, 1.807) is 56.6 Å². The molecule has 0 aliphatic carbocycles. The molecule has 1 aliphatic rings. The molecule has 2 heterocycles. The minimum atomic E-state index is -0.608. The Morgan fingerprint density at radius 2 is 1.72 bits per heavy atom. The number of anilines is 2. The summed E-state index contributed by atoms with van der Waals surface area (Å²) >= 11 is 1.57. The predicted molar refractivity (Wildman–Crippen MR) is 146 cm³/mol. The second kappa shape index (κ2) is 11.7. The molecule has 0 saturated carbocycles. The van der Waals surface area contributed by atoms with E-state index >= 15 is 0 Å². The summed E-state index contributed by atoms with van der Waals surface area (Å²) in [6, 6.07) is 15.4. The Morgan fingerprint density at radius 1 is 1.00 bits per heavy atom. The second-order valence-electron chi connectivity index (χ2n) is 9.97. The molecule has 1 aromatic heterocycles. The minimum absolute atomic E-state index is 0.203. The van der Waals surface area contributed by atoms with Crippen molar-refractivity contribution in [1.82, 2.24) is 14.6 Å². The third-order valence-electron chi connectivity index (χ3n) is 6.02. The van der Waals surface area contributed by atoms with Crippen molar-refractivity contribution in [3.63, 3.8) is 0 Å². The fourth-order valence-corrected chi connectivity index (χ4v) is 5.04. The number of rotatable bonds is 8. The molecule has 4 rings (SSSR count). The minimum Gasteiger partial charge on any atom is -0.444 e. The summed E-state index contributed by atoms with van der Waals surface area (Å²) in [6.07, 6.45) is 1.33. The fraction of sp³-hybridized carbons (Fsp3) is 0.444. The predicted octanol–water partition coefficient (Wildman–Crippen LogP) is 4.98. The molecule has 0 radical (unpaired) electrons. The average Bonchev–Trinajstić information content (AvgIpc) is 3.27. The van der Waals surface area contributed by atoms with Crippen LogP contribution in [0.1, 0.15) is 44.0 Å². The highest BCUT2D eigenvalue weighted by Gasteiger charge is 2.21. The topological polar surface area (TPSA) is 86.8 Å². The smallest absolute Gasteiger partial charge is 0.412 e. The summed E-state index contributed by atoms with van der Waals surface area (Å²) in [4.78, 5) is 29.7. The van der Waals surface area contributed by atoms with Gasteiger partial charge in [0.1, 0.15) is 11.4 Å². The third kappa shape index (κ3) is 6.95. The molecule has 3 aromatic rings. The van der Waals surface area contributed by atoms with E-state index in [-0.39, 0.29) is 5.91 Å². The molecule has 0 atom stereocenters. The molecule has 8 nitrogen and oxygen atoms in total. The summed E-state index contributed by atoms with van der Waals surface area (Å²) in [5, 5.41) is 6.90. The van der Waals surface area contributed by atoms with Gasteiger partial charge in [-0.2, -0.15) is 4.37 Å². The Balaban J connectivity index is 1.17. The van der Waals surface area contributed by atoms with E-state index in [0.29, 0.717) is 17.8 Å². The van der Waals surface area contributed by atoms with E-state index in [1.807, 2.05) is 0 Å². The molecule has 0 spiro atoms. The zero-order valence-electron chi connectivity index (χ0n) is 21.3. The van der Waals surface area contributed by atoms with Gasteiger partial charge in [0.2, 0.25) is 0 Å². The highest BCUT2D eigenvalue weighted by molar-refractivity contribution is 7.13. The first-order valence-electron chi connectivity index (χ1n) is 12.5. The van der Waals surface area contributed by atoms with Gasteiger partial charge in [0, 0.05) is 38.1 Å². The van der Waals surface area contributed by atoms with Crippen LogP contribution < -0.4 is 15.5 Å². The first kappa shape index (κ1) is 25.9. The lowest BCUT2D eigenvalue weighted by atomic mass is 10.1. The molecule has 2 amide bonds. The number of benzene rings is 2. The van der Waals surface area contributed by atoms with Crippen molar-refractivity contribution in [2.75, 3.05) is 49.5 Å². The van der Waals surface area contributed by atoms with Gasteiger partial charge in [0.25, 0.3) is 5.91 Å². The highest BCUT2D eigenvalue weighted by atomic mass is 32.1. The van der Waals surface area contributed by atoms with E-state index in [0.717, 1.165) is 51.4 Å². The number of nitrogens with one attached hydrogen (secondary N) is 2. The van der Waals surface area contributed by atoms with Gasteiger partial charge in [0.15, 0.2) is 0 Å². The van der Waals surface area contributed by atoms with Crippen molar-refractivity contribution >= 4 is 45.1 Å². The van der Waals surface area contributed by atoms with E-state index < -0.39 is 11.7 Å². The largest absolute Gasteiger partial charge is 0.444 e. The Labute approximate surface area is 216 Å². The SMILES string of the molecule is CC(C)(C)OC(=O)Nc1ccccc1C(=O)NCCCCN1CCN(c2nsc3ccccc23)CC1. The molecule has 9 heteroatoms. The summed E-state index contributed by atoms with van der Waals surface area (Å²) in [6.45, 7) is 11.0. The highest BCUT2D eigenvalue weighted by Crippen LogP contribution is 2.29. The van der Waals surface area contributed by atoms with Gasteiger partial charge < -0.3 is 15.0 Å². The number of hydrogen-bond acceptors (Lipinski definition) is 7. The number of aromatic nitrogens is 1. The first-order chi connectivity index (χ1) is 17.3. The van der Waals surface area contributed by atoms with Crippen molar-refractivity contribution < 1.29 is 14.3 Å². The number of nitrogens with zero attached hydrogens (tertiary/aromatic N) is 3. The van der Waals surface area contributed by atoms with Gasteiger partial charge in [-0.05, 0) is 76.0 Å². The van der Waals surface area contributed by atoms with Crippen molar-refractivity contribution in [2.24, 2.45) is 0 Å². The summed E-state index contributed by atoms with van der Waals surface area (Å²) in [5.74, 6) is 0.908. The number of carbonyl (C=O) groups excluding carboxylic acids is 2. The molecule has 1 fully saturated rings. The van der Waals surface area contributed by atoms with Crippen LogP contribution in [0.25, 0.3) is 10.1 Å². The molecule has 2 aromatic carbocycles. The monoisotopic (exact) mass is 509 g/mol.